The highest BCUT2D eigenvalue weighted by Gasteiger charge is 2.63. The number of nitrogens with zero attached hydrogens (tertiary/aromatic N) is 2. The molecule has 3 N–H and O–H groups in total. The topological polar surface area (TPSA) is 165 Å². The van der Waals surface area contributed by atoms with Gasteiger partial charge in [-0.25, -0.2) is 19.1 Å². The lowest BCUT2D eigenvalue weighted by Crippen LogP contribution is -2.54. The van der Waals surface area contributed by atoms with E-state index in [0.717, 1.165) is 130 Å². The van der Waals surface area contributed by atoms with E-state index in [1.807, 2.05) is 71.1 Å². The zero-order valence-corrected chi connectivity index (χ0v) is 56.9. The number of aliphatic hydroxyl groups excluding tert-OH is 1. The van der Waals surface area contributed by atoms with Crippen molar-refractivity contribution in [2.45, 2.75) is 246 Å². The zero-order chi connectivity index (χ0) is 63.2. The molecule has 89 heavy (non-hydrogen) atoms. The summed E-state index contributed by atoms with van der Waals surface area (Å²) in [5.41, 5.74) is 9.43. The fourth-order valence-electron chi connectivity index (χ4n) is 22.3. The van der Waals surface area contributed by atoms with Crippen LogP contribution in [0.15, 0.2) is 83.0 Å². The molecule has 14 heteroatoms. The number of benzene rings is 2. The second-order valence-corrected chi connectivity index (χ2v) is 36.3. The Morgan fingerprint density at radius 2 is 1.00 bits per heavy atom. The summed E-state index contributed by atoms with van der Waals surface area (Å²) in [6.45, 7) is 24.0. The molecule has 0 radical (unpaired) electrons. The molecule has 4 heterocycles. The molecular weight excluding hydrogens is 1140 g/mol. The third-order valence-electron chi connectivity index (χ3n) is 26.8. The normalized spacial score (nSPS) is 43.3. The number of ether oxygens (including phenoxy) is 4. The molecule has 0 bridgehead atoms. The van der Waals surface area contributed by atoms with Gasteiger partial charge in [0.15, 0.2) is 0 Å². The summed E-state index contributed by atoms with van der Waals surface area (Å²) < 4.78 is 48.0. The van der Waals surface area contributed by atoms with Crippen molar-refractivity contribution in [2.24, 2.45) is 87.8 Å². The molecule has 22 atom stereocenters. The SMILES string of the molecule is CC1=C2C[C@H]3[C@@H](CC[C@@H]4C[C@H](C)CC[C@@]43C)[C@@H]2CC[C@@]2(C1)O[C@@H]1C[C@H](C)CN(C(=O)OCc3ccccc3)[C@H]1[C@H]2C.CC1=C2C[C@H]3[C@@H](CC[C@@H]4C[C@H](O)CC[C@@]43C)[C@@H]2CC[C@@]2(C1)O[C@@H]1C[C@H](C)CN(C(=O)OCc3ccccc3)[C@H]1[C@H]2C.CS(C)(=O)(O)OO. The summed E-state index contributed by atoms with van der Waals surface area (Å²) in [6.07, 6.45) is 26.0. The van der Waals surface area contributed by atoms with Gasteiger partial charge in [0, 0.05) is 37.4 Å². The molecule has 8 aliphatic carbocycles. The molecule has 494 valence electrons. The van der Waals surface area contributed by atoms with E-state index < -0.39 is 9.63 Å². The van der Waals surface area contributed by atoms with Gasteiger partial charge in [0.1, 0.15) is 22.8 Å². The third-order valence-corrected chi connectivity index (χ3v) is 27.3. The van der Waals surface area contributed by atoms with Gasteiger partial charge in [-0.1, -0.05) is 138 Å². The lowest BCUT2D eigenvalue weighted by atomic mass is 9.51. The van der Waals surface area contributed by atoms with Crippen LogP contribution in [0.4, 0.5) is 9.59 Å². The molecule has 10 fully saturated rings. The molecule has 4 saturated heterocycles. The van der Waals surface area contributed by atoms with Crippen molar-refractivity contribution < 1.29 is 52.0 Å². The van der Waals surface area contributed by atoms with E-state index in [0.29, 0.717) is 53.6 Å². The molecule has 0 aromatic heterocycles. The molecular formula is C75H112N2O11S. The average Bonchev–Trinajstić information content (AvgIpc) is 1.59. The number of rotatable bonds is 5. The van der Waals surface area contributed by atoms with Crippen molar-refractivity contribution in [3.05, 3.63) is 94.1 Å². The quantitative estimate of drug-likeness (QED) is 0.148. The Morgan fingerprint density at radius 3 is 1.43 bits per heavy atom. The lowest BCUT2D eigenvalue weighted by molar-refractivity contribution is -0.141. The molecule has 2 aromatic carbocycles. The van der Waals surface area contributed by atoms with Crippen molar-refractivity contribution in [1.82, 2.24) is 9.80 Å². The van der Waals surface area contributed by atoms with Crippen molar-refractivity contribution in [3.63, 3.8) is 0 Å². The number of hydrogen-bond acceptors (Lipinski definition) is 10. The Bertz CT molecular complexity index is 2830. The number of carbonyl (C=O) groups is 2. The van der Waals surface area contributed by atoms with E-state index in [-0.39, 0.29) is 59.7 Å². The minimum Gasteiger partial charge on any atom is -0.445 e. The number of fused-ring (bicyclic) bond motifs is 12. The summed E-state index contributed by atoms with van der Waals surface area (Å²) in [5.74, 6) is 8.72. The summed E-state index contributed by atoms with van der Waals surface area (Å²) >= 11 is 0. The number of hydrogen-bond donors (Lipinski definition) is 3. The van der Waals surface area contributed by atoms with E-state index >= 15 is 0 Å². The first-order chi connectivity index (χ1) is 42.2. The third kappa shape index (κ3) is 12.7. The Balaban J connectivity index is 0.000000156. The summed E-state index contributed by atoms with van der Waals surface area (Å²) in [6, 6.07) is 20.2. The second kappa shape index (κ2) is 24.9. The van der Waals surface area contributed by atoms with Gasteiger partial charge >= 0.3 is 12.2 Å². The van der Waals surface area contributed by atoms with Crippen molar-refractivity contribution >= 4 is 21.8 Å². The van der Waals surface area contributed by atoms with E-state index in [4.69, 9.17) is 28.8 Å². The van der Waals surface area contributed by atoms with Crippen LogP contribution < -0.4 is 0 Å². The fourth-order valence-corrected chi connectivity index (χ4v) is 22.3. The maximum atomic E-state index is 13.5. The lowest BCUT2D eigenvalue weighted by Gasteiger charge is -2.54. The van der Waals surface area contributed by atoms with Gasteiger partial charge in [0.05, 0.1) is 41.6 Å². The Kier molecular flexibility index (Phi) is 18.3. The summed E-state index contributed by atoms with van der Waals surface area (Å²) in [7, 11) is -4.06. The van der Waals surface area contributed by atoms with Gasteiger partial charge in [-0.05, 0) is 223 Å². The van der Waals surface area contributed by atoms with E-state index in [1.54, 1.807) is 16.7 Å². The van der Waals surface area contributed by atoms with Crippen molar-refractivity contribution in [3.8, 4) is 0 Å². The fraction of sp³-hybridized carbons (Fsp3) is 0.760. The van der Waals surface area contributed by atoms with Crippen molar-refractivity contribution in [2.75, 3.05) is 25.6 Å². The average molecular weight is 1250 g/mol. The van der Waals surface area contributed by atoms with Crippen LogP contribution in [0.25, 0.3) is 0 Å². The first kappa shape index (κ1) is 65.4. The van der Waals surface area contributed by atoms with Crippen molar-refractivity contribution in [1.29, 1.82) is 0 Å². The standard InChI is InChI=1S/C37H53NO3.C36H51NO4.C2H8O4S/c1-23-13-15-36(5)28(17-23)11-12-30-29-14-16-37(20-25(3)31(29)19-32(30)36)26(4)34-33(41-37)18-24(2)21-38(34)35(39)40-22-27-9-7-6-8-10-27;1-22-16-32-33(37(20-22)34(39)40-21-25-8-6-5-7-9-25)24(3)36(41-32)15-13-28-29-11-10-26-17-27(38)12-14-35(26,4)31(29)18-30(28)23(2)19-36;1-7(2,4,5)6-3/h6-10,23-24,26,28-30,32-34H,11-22H2,1-5H3;5-9,22,24,26-29,31-33,38H,10-21H2,1-4H3;3H,1-2H3,(H,4,5)/t23-,24+,26-,28-,29+,30+,32+,33-,34+,36+,37+;22-,24+,26+,27+,28-,29-,31-,32+,33-,35-,36-;/m10./s1. The van der Waals surface area contributed by atoms with E-state index in [2.05, 4.69) is 71.5 Å². The molecule has 14 rings (SSSR count). The van der Waals surface area contributed by atoms with Gasteiger partial charge in [-0.2, -0.15) is 0 Å². The highest BCUT2D eigenvalue weighted by atomic mass is 32.3. The van der Waals surface area contributed by atoms with Crippen LogP contribution in [0.2, 0.25) is 0 Å². The summed E-state index contributed by atoms with van der Waals surface area (Å²) in [5, 5.41) is 18.1. The Morgan fingerprint density at radius 1 is 0.584 bits per heavy atom. The molecule has 12 aliphatic rings. The first-order valence-corrected chi connectivity index (χ1v) is 37.9. The van der Waals surface area contributed by atoms with E-state index in [1.165, 1.54) is 77.0 Å². The number of amides is 2. The molecule has 4 aliphatic heterocycles. The number of piperidine rings is 2. The van der Waals surface area contributed by atoms with Gasteiger partial charge in [0.25, 0.3) is 0 Å². The van der Waals surface area contributed by atoms with Gasteiger partial charge < -0.3 is 38.4 Å². The highest BCUT2D eigenvalue weighted by Crippen LogP contribution is 2.68. The molecule has 2 spiro atoms. The molecule has 13 nitrogen and oxygen atoms in total. The Hall–Kier alpha value is -3.63. The van der Waals surface area contributed by atoms with Gasteiger partial charge in [0.2, 0.25) is 0 Å². The van der Waals surface area contributed by atoms with Crippen LogP contribution in [-0.4, -0.2) is 108 Å². The van der Waals surface area contributed by atoms with Gasteiger partial charge in [-0.15, -0.1) is 4.33 Å². The Labute approximate surface area is 533 Å². The number of aliphatic hydroxyl groups is 1. The molecule has 6 saturated carbocycles. The molecule has 2 aromatic rings. The largest absolute Gasteiger partial charge is 0.445 e. The predicted molar refractivity (Wildman–Crippen MR) is 349 cm³/mol. The highest BCUT2D eigenvalue weighted by molar-refractivity contribution is 8.09. The number of carbonyl (C=O) groups excluding carboxylic acids is 2. The predicted octanol–water partition coefficient (Wildman–Crippen LogP) is 16.3. The zero-order valence-electron chi connectivity index (χ0n) is 56.0. The minimum atomic E-state index is -4.06. The van der Waals surface area contributed by atoms with E-state index in [9.17, 15) is 18.9 Å². The number of likely N-dealkylation sites (tertiary alicyclic amines) is 2. The molecule has 0 unspecified atom stereocenters. The second-order valence-electron chi connectivity index (χ2n) is 32.9. The van der Waals surface area contributed by atoms with Gasteiger partial charge in [-0.3, -0.25) is 0 Å². The van der Waals surface area contributed by atoms with Crippen LogP contribution in [-0.2, 0) is 46.1 Å². The molecule has 2 amide bonds. The van der Waals surface area contributed by atoms with Crippen LogP contribution >= 0.6 is 0 Å². The van der Waals surface area contributed by atoms with Crippen LogP contribution in [0.5, 0.6) is 0 Å². The van der Waals surface area contributed by atoms with Crippen LogP contribution in [0, 0.1) is 87.8 Å². The number of allylic oxidation sites excluding steroid dienone is 2. The minimum absolute atomic E-state index is 0.0836. The first-order valence-electron chi connectivity index (χ1n) is 35.2. The maximum Gasteiger partial charge on any atom is 0.410 e. The smallest absolute Gasteiger partial charge is 0.410 e. The maximum absolute atomic E-state index is 13.5. The monoisotopic (exact) mass is 1250 g/mol. The summed E-state index contributed by atoms with van der Waals surface area (Å²) in [4.78, 5) is 31.1. The van der Waals surface area contributed by atoms with Crippen LogP contribution in [0.1, 0.15) is 202 Å². The van der Waals surface area contributed by atoms with Crippen LogP contribution in [0.3, 0.4) is 0 Å².